The van der Waals surface area contributed by atoms with Gasteiger partial charge in [-0.1, -0.05) is 12.1 Å². The van der Waals surface area contributed by atoms with E-state index in [4.69, 9.17) is 14.2 Å². The van der Waals surface area contributed by atoms with Gasteiger partial charge in [0, 0.05) is 17.5 Å². The number of ether oxygens (including phenoxy) is 3. The first-order chi connectivity index (χ1) is 19.0. The largest absolute Gasteiger partial charge is 0.494 e. The number of anilines is 1. The zero-order chi connectivity index (χ0) is 27.5. The lowest BCUT2D eigenvalue weighted by Gasteiger charge is -2.15. The average molecular weight is 545 g/mol. The molecule has 0 fully saturated rings. The quantitative estimate of drug-likeness (QED) is 0.265. The number of thiophene rings is 1. The van der Waals surface area contributed by atoms with Crippen molar-refractivity contribution in [1.82, 2.24) is 5.32 Å². The number of hydrogen-bond donors (Lipinski definition) is 2. The van der Waals surface area contributed by atoms with Gasteiger partial charge >= 0.3 is 0 Å². The van der Waals surface area contributed by atoms with Crippen LogP contribution in [0, 0.1) is 0 Å². The highest BCUT2D eigenvalue weighted by molar-refractivity contribution is 7.17. The molecule has 3 aromatic carbocycles. The van der Waals surface area contributed by atoms with Gasteiger partial charge in [0.1, 0.15) is 10.8 Å². The Morgan fingerprint density at radius 2 is 1.64 bits per heavy atom. The van der Waals surface area contributed by atoms with Gasteiger partial charge in [-0.15, -0.1) is 11.3 Å². The molecule has 1 aliphatic rings. The third-order valence-electron chi connectivity index (χ3n) is 7.05. The number of benzene rings is 3. The number of carbonyl (C=O) groups excluding carboxylic acids is 2. The summed E-state index contributed by atoms with van der Waals surface area (Å²) in [7, 11) is 4.81. The van der Waals surface area contributed by atoms with Gasteiger partial charge in [0.25, 0.3) is 11.8 Å². The van der Waals surface area contributed by atoms with Crippen LogP contribution in [-0.2, 0) is 12.8 Å². The van der Waals surface area contributed by atoms with Crippen LogP contribution in [0.3, 0.4) is 0 Å². The van der Waals surface area contributed by atoms with Crippen LogP contribution in [0.4, 0.5) is 5.00 Å². The molecule has 0 aliphatic heterocycles. The molecule has 0 spiro atoms. The van der Waals surface area contributed by atoms with E-state index < -0.39 is 0 Å². The Bertz CT molecular complexity index is 1540. The lowest BCUT2D eigenvalue weighted by molar-refractivity contribution is 0.0963. The van der Waals surface area contributed by atoms with Crippen LogP contribution < -0.4 is 24.8 Å². The second kappa shape index (κ2) is 11.4. The first-order valence-corrected chi connectivity index (χ1v) is 13.9. The number of rotatable bonds is 8. The fourth-order valence-corrected chi connectivity index (χ4v) is 6.43. The highest BCUT2D eigenvalue weighted by Gasteiger charge is 2.26. The fraction of sp³-hybridized carbons (Fsp3) is 0.290. The molecule has 0 saturated carbocycles. The van der Waals surface area contributed by atoms with Crippen LogP contribution in [0.15, 0.2) is 48.5 Å². The molecule has 1 aromatic heterocycles. The zero-order valence-electron chi connectivity index (χ0n) is 22.6. The number of methoxy groups -OCH3 is 2. The maximum Gasteiger partial charge on any atom is 0.256 e. The summed E-state index contributed by atoms with van der Waals surface area (Å²) in [6.07, 6.45) is 3.92. The molecule has 0 bridgehead atoms. The highest BCUT2D eigenvalue weighted by atomic mass is 32.1. The summed E-state index contributed by atoms with van der Waals surface area (Å²) < 4.78 is 16.7. The Morgan fingerprint density at radius 3 is 2.33 bits per heavy atom. The molecule has 0 saturated heterocycles. The van der Waals surface area contributed by atoms with Gasteiger partial charge in [-0.05, 0) is 96.5 Å². The molecule has 2 amide bonds. The standard InChI is InChI=1S/C31H32N2O5S/c1-5-38-21-12-10-18(11-13-21)23-15-20(14-19-16-25(36-3)26(37-4)17-24(19)23)29(34)33-31-28(30(35)32-2)22-8-6-7-9-27(22)39-31/h10-17H,5-9H2,1-4H3,(H,32,35)(H,33,34). The van der Waals surface area contributed by atoms with Crippen molar-refractivity contribution in [2.75, 3.05) is 33.2 Å². The summed E-state index contributed by atoms with van der Waals surface area (Å²) >= 11 is 1.51. The van der Waals surface area contributed by atoms with E-state index in [2.05, 4.69) is 10.6 Å². The van der Waals surface area contributed by atoms with Crippen molar-refractivity contribution < 1.29 is 23.8 Å². The van der Waals surface area contributed by atoms with Gasteiger partial charge in [0.15, 0.2) is 11.5 Å². The number of fused-ring (bicyclic) bond motifs is 2. The van der Waals surface area contributed by atoms with E-state index >= 15 is 0 Å². The summed E-state index contributed by atoms with van der Waals surface area (Å²) in [5.41, 5.74) is 3.94. The third kappa shape index (κ3) is 5.16. The molecule has 4 aromatic rings. The van der Waals surface area contributed by atoms with E-state index in [9.17, 15) is 9.59 Å². The van der Waals surface area contributed by atoms with Crippen LogP contribution in [0.25, 0.3) is 21.9 Å². The minimum atomic E-state index is -0.275. The zero-order valence-corrected chi connectivity index (χ0v) is 23.4. The van der Waals surface area contributed by atoms with E-state index in [1.807, 2.05) is 55.5 Å². The number of carbonyl (C=O) groups is 2. The molecule has 1 aliphatic carbocycles. The predicted octanol–water partition coefficient (Wildman–Crippen LogP) is 6.47. The SMILES string of the molecule is CCOc1ccc(-c2cc(C(=O)Nc3sc4c(c3C(=O)NC)CCCC4)cc3cc(OC)c(OC)cc23)cc1. The Balaban J connectivity index is 1.61. The van der Waals surface area contributed by atoms with Gasteiger partial charge in [0.05, 0.1) is 26.4 Å². The molecule has 2 N–H and O–H groups in total. The Kier molecular flexibility index (Phi) is 7.74. The van der Waals surface area contributed by atoms with Gasteiger partial charge in [-0.2, -0.15) is 0 Å². The van der Waals surface area contributed by atoms with Gasteiger partial charge in [0.2, 0.25) is 0 Å². The molecule has 8 heteroatoms. The Morgan fingerprint density at radius 1 is 0.923 bits per heavy atom. The van der Waals surface area contributed by atoms with E-state index in [1.165, 1.54) is 16.2 Å². The number of aryl methyl sites for hydroxylation is 1. The number of hydrogen-bond acceptors (Lipinski definition) is 6. The van der Waals surface area contributed by atoms with Crippen LogP contribution in [0.2, 0.25) is 0 Å². The van der Waals surface area contributed by atoms with Crippen molar-refractivity contribution >= 4 is 38.9 Å². The molecular weight excluding hydrogens is 512 g/mol. The maximum atomic E-state index is 13.7. The average Bonchev–Trinajstić information content (AvgIpc) is 3.33. The van der Waals surface area contributed by atoms with Crippen molar-refractivity contribution in [3.8, 4) is 28.4 Å². The molecule has 1 heterocycles. The van der Waals surface area contributed by atoms with Gasteiger partial charge in [-0.3, -0.25) is 9.59 Å². The van der Waals surface area contributed by atoms with Crippen molar-refractivity contribution in [3.63, 3.8) is 0 Å². The molecular formula is C31H32N2O5S. The van der Waals surface area contributed by atoms with E-state index in [0.29, 0.717) is 34.2 Å². The lowest BCUT2D eigenvalue weighted by atomic mass is 9.94. The van der Waals surface area contributed by atoms with Crippen LogP contribution in [0.5, 0.6) is 17.2 Å². The predicted molar refractivity (Wildman–Crippen MR) is 156 cm³/mol. The number of amides is 2. The van der Waals surface area contributed by atoms with E-state index in [1.54, 1.807) is 21.3 Å². The topological polar surface area (TPSA) is 85.9 Å². The first-order valence-electron chi connectivity index (χ1n) is 13.1. The molecule has 0 atom stereocenters. The minimum Gasteiger partial charge on any atom is -0.494 e. The summed E-state index contributed by atoms with van der Waals surface area (Å²) in [4.78, 5) is 27.7. The van der Waals surface area contributed by atoms with Gasteiger partial charge < -0.3 is 24.8 Å². The second-order valence-corrected chi connectivity index (χ2v) is 10.5. The smallest absolute Gasteiger partial charge is 0.256 e. The highest BCUT2D eigenvalue weighted by Crippen LogP contribution is 2.40. The van der Waals surface area contributed by atoms with Crippen LogP contribution >= 0.6 is 11.3 Å². The van der Waals surface area contributed by atoms with Crippen molar-refractivity contribution in [3.05, 3.63) is 70.1 Å². The molecule has 202 valence electrons. The first kappa shape index (κ1) is 26.6. The molecule has 39 heavy (non-hydrogen) atoms. The fourth-order valence-electron chi connectivity index (χ4n) is 5.15. The molecule has 5 rings (SSSR count). The van der Waals surface area contributed by atoms with Gasteiger partial charge in [-0.25, -0.2) is 0 Å². The Hall–Kier alpha value is -4.04. The summed E-state index contributed by atoms with van der Waals surface area (Å²) in [5, 5.41) is 8.16. The van der Waals surface area contributed by atoms with Crippen molar-refractivity contribution in [1.29, 1.82) is 0 Å². The normalized spacial score (nSPS) is 12.5. The van der Waals surface area contributed by atoms with E-state index in [-0.39, 0.29) is 11.8 Å². The lowest BCUT2D eigenvalue weighted by Crippen LogP contribution is -2.22. The molecule has 0 radical (unpaired) electrons. The van der Waals surface area contributed by atoms with Crippen LogP contribution in [-0.4, -0.2) is 39.7 Å². The maximum absolute atomic E-state index is 13.7. The summed E-state index contributed by atoms with van der Waals surface area (Å²) in [6.45, 7) is 2.53. The van der Waals surface area contributed by atoms with Crippen molar-refractivity contribution in [2.45, 2.75) is 32.6 Å². The summed E-state index contributed by atoms with van der Waals surface area (Å²) in [5.74, 6) is 1.52. The number of nitrogens with one attached hydrogen (secondary N) is 2. The molecule has 7 nitrogen and oxygen atoms in total. The van der Waals surface area contributed by atoms with Crippen LogP contribution in [0.1, 0.15) is 50.9 Å². The Labute approximate surface area is 232 Å². The molecule has 0 unspecified atom stereocenters. The monoisotopic (exact) mass is 544 g/mol. The second-order valence-electron chi connectivity index (χ2n) is 9.36. The van der Waals surface area contributed by atoms with Crippen molar-refractivity contribution in [2.24, 2.45) is 0 Å². The third-order valence-corrected chi connectivity index (χ3v) is 8.25. The van der Waals surface area contributed by atoms with E-state index in [0.717, 1.165) is 58.9 Å². The summed E-state index contributed by atoms with van der Waals surface area (Å²) in [6, 6.07) is 15.3. The minimum absolute atomic E-state index is 0.171.